The Hall–Kier alpha value is -3.85. The zero-order chi connectivity index (χ0) is 28.4. The summed E-state index contributed by atoms with van der Waals surface area (Å²) in [6.07, 6.45) is -0.394. The Morgan fingerprint density at radius 3 is 2.56 bits per heavy atom. The minimum atomic E-state index is -1.17. The van der Waals surface area contributed by atoms with Crippen molar-refractivity contribution in [2.45, 2.75) is 32.2 Å². The number of hydrogen-bond acceptors (Lipinski definition) is 10. The fourth-order valence-electron chi connectivity index (χ4n) is 5.62. The molecule has 11 heteroatoms. The average molecular weight is 559 g/mol. The standard InChI is InChI=1S/C30H35FN8O2/c1-30(2)18-33-15-25(31)27(30)41-26-8-3-20(13-21(26)14-32)28-34-19-35-29(37-28)36-22-4-6-23(7-5-22)38-9-11-39(12-10-38)24-16-40-17-24/h3-8,13,19,24-25,27,33H,9-12,15-18H2,1-2H3,(H,34,35,36,37)/t25-,27?/m1/s1. The number of aromatic nitrogens is 3. The molecule has 0 saturated carbocycles. The second-order valence-electron chi connectivity index (χ2n) is 11.5. The van der Waals surface area contributed by atoms with E-state index < -0.39 is 17.7 Å². The quantitative estimate of drug-likeness (QED) is 0.448. The van der Waals surface area contributed by atoms with E-state index in [1.54, 1.807) is 18.2 Å². The maximum Gasteiger partial charge on any atom is 0.230 e. The van der Waals surface area contributed by atoms with Crippen LogP contribution in [0.1, 0.15) is 19.4 Å². The van der Waals surface area contributed by atoms with Crippen molar-refractivity contribution in [1.29, 1.82) is 5.26 Å². The van der Waals surface area contributed by atoms with E-state index in [4.69, 9.17) is 9.47 Å². The first-order chi connectivity index (χ1) is 19.9. The molecule has 0 amide bonds. The summed E-state index contributed by atoms with van der Waals surface area (Å²) in [6.45, 7) is 10.6. The van der Waals surface area contributed by atoms with Gasteiger partial charge in [-0.25, -0.2) is 14.4 Å². The van der Waals surface area contributed by atoms with Crippen molar-refractivity contribution in [3.8, 4) is 23.2 Å². The van der Waals surface area contributed by atoms with Gasteiger partial charge >= 0.3 is 0 Å². The number of benzene rings is 2. The summed E-state index contributed by atoms with van der Waals surface area (Å²) in [4.78, 5) is 18.1. The molecule has 214 valence electrons. The minimum Gasteiger partial charge on any atom is -0.485 e. The lowest BCUT2D eigenvalue weighted by Gasteiger charge is -2.43. The van der Waals surface area contributed by atoms with Crippen LogP contribution in [0.2, 0.25) is 0 Å². The van der Waals surface area contributed by atoms with Crippen LogP contribution in [0.25, 0.3) is 11.4 Å². The lowest BCUT2D eigenvalue weighted by molar-refractivity contribution is -0.0660. The first kappa shape index (κ1) is 27.3. The van der Waals surface area contributed by atoms with Crippen LogP contribution in [0, 0.1) is 16.7 Å². The summed E-state index contributed by atoms with van der Waals surface area (Å²) < 4.78 is 26.1. The number of alkyl halides is 1. The molecule has 3 aromatic rings. The molecule has 2 N–H and O–H groups in total. The van der Waals surface area contributed by atoms with Crippen LogP contribution in [0.5, 0.6) is 5.75 Å². The maximum absolute atomic E-state index is 14.7. The number of ether oxygens (including phenoxy) is 2. The summed E-state index contributed by atoms with van der Waals surface area (Å²) in [7, 11) is 0. The first-order valence-electron chi connectivity index (χ1n) is 14.1. The van der Waals surface area contributed by atoms with Crippen molar-refractivity contribution in [2.75, 3.05) is 62.7 Å². The highest BCUT2D eigenvalue weighted by Gasteiger charge is 2.41. The fraction of sp³-hybridized carbons (Fsp3) is 0.467. The molecule has 0 radical (unpaired) electrons. The van der Waals surface area contributed by atoms with Crippen LogP contribution in [0.15, 0.2) is 48.8 Å². The normalized spacial score (nSPS) is 22.9. The van der Waals surface area contributed by atoms with Gasteiger partial charge in [0.1, 0.15) is 30.4 Å². The van der Waals surface area contributed by atoms with Crippen LogP contribution in [0.3, 0.4) is 0 Å². The summed E-state index contributed by atoms with van der Waals surface area (Å²) in [5.74, 6) is 1.17. The Bertz CT molecular complexity index is 1400. The third-order valence-electron chi connectivity index (χ3n) is 8.14. The minimum absolute atomic E-state index is 0.227. The van der Waals surface area contributed by atoms with Gasteiger partial charge in [-0.15, -0.1) is 0 Å². The van der Waals surface area contributed by atoms with Crippen LogP contribution in [-0.4, -0.2) is 90.7 Å². The van der Waals surface area contributed by atoms with Gasteiger partial charge in [0.15, 0.2) is 5.82 Å². The molecule has 3 aliphatic heterocycles. The highest BCUT2D eigenvalue weighted by Crippen LogP contribution is 2.34. The molecule has 2 aromatic carbocycles. The molecule has 3 saturated heterocycles. The summed E-state index contributed by atoms with van der Waals surface area (Å²) in [5.41, 5.74) is 2.58. The molecular formula is C30H35FN8O2. The van der Waals surface area contributed by atoms with Gasteiger partial charge in [-0.1, -0.05) is 13.8 Å². The number of piperidine rings is 1. The van der Waals surface area contributed by atoms with E-state index >= 15 is 0 Å². The van der Waals surface area contributed by atoms with Gasteiger partial charge in [-0.2, -0.15) is 10.2 Å². The smallest absolute Gasteiger partial charge is 0.230 e. The fourth-order valence-corrected chi connectivity index (χ4v) is 5.62. The van der Waals surface area contributed by atoms with Crippen molar-refractivity contribution in [1.82, 2.24) is 25.2 Å². The van der Waals surface area contributed by atoms with Crippen LogP contribution < -0.4 is 20.3 Å². The number of nitrogens with one attached hydrogen (secondary N) is 2. The molecule has 2 atom stereocenters. The van der Waals surface area contributed by atoms with E-state index in [2.05, 4.69) is 53.6 Å². The topological polar surface area (TPSA) is 111 Å². The lowest BCUT2D eigenvalue weighted by Crippen LogP contribution is -2.56. The number of hydrogen-bond donors (Lipinski definition) is 2. The number of rotatable bonds is 7. The molecule has 0 spiro atoms. The predicted octanol–water partition coefficient (Wildman–Crippen LogP) is 3.39. The zero-order valence-corrected chi connectivity index (χ0v) is 23.4. The molecule has 6 rings (SSSR count). The van der Waals surface area contributed by atoms with Crippen LogP contribution >= 0.6 is 0 Å². The lowest BCUT2D eigenvalue weighted by atomic mass is 9.81. The largest absolute Gasteiger partial charge is 0.485 e. The van der Waals surface area contributed by atoms with Gasteiger partial charge < -0.3 is 25.0 Å². The average Bonchev–Trinajstić information content (AvgIpc) is 2.95. The molecule has 1 aromatic heterocycles. The third kappa shape index (κ3) is 5.95. The summed E-state index contributed by atoms with van der Waals surface area (Å²) in [6, 6.07) is 16.2. The monoisotopic (exact) mass is 558 g/mol. The summed E-state index contributed by atoms with van der Waals surface area (Å²) in [5, 5.41) is 16.2. The second kappa shape index (κ2) is 11.6. The van der Waals surface area contributed by atoms with Gasteiger partial charge in [-0.3, -0.25) is 4.90 Å². The van der Waals surface area contributed by atoms with Gasteiger partial charge in [0.2, 0.25) is 5.95 Å². The van der Waals surface area contributed by atoms with E-state index in [0.717, 1.165) is 45.1 Å². The molecule has 10 nitrogen and oxygen atoms in total. The molecule has 4 heterocycles. The molecule has 41 heavy (non-hydrogen) atoms. The number of halogens is 1. The third-order valence-corrected chi connectivity index (χ3v) is 8.14. The van der Waals surface area contributed by atoms with Gasteiger partial charge in [0, 0.05) is 61.6 Å². The Balaban J connectivity index is 1.11. The Morgan fingerprint density at radius 1 is 1.10 bits per heavy atom. The van der Waals surface area contributed by atoms with Gasteiger partial charge in [0.05, 0.1) is 24.8 Å². The van der Waals surface area contributed by atoms with Crippen molar-refractivity contribution in [2.24, 2.45) is 5.41 Å². The predicted molar refractivity (Wildman–Crippen MR) is 154 cm³/mol. The van der Waals surface area contributed by atoms with Crippen molar-refractivity contribution in [3.05, 3.63) is 54.4 Å². The van der Waals surface area contributed by atoms with Crippen LogP contribution in [0.4, 0.5) is 21.7 Å². The summed E-state index contributed by atoms with van der Waals surface area (Å²) >= 11 is 0. The second-order valence-corrected chi connectivity index (χ2v) is 11.5. The highest BCUT2D eigenvalue weighted by molar-refractivity contribution is 5.64. The Labute approximate surface area is 239 Å². The zero-order valence-electron chi connectivity index (χ0n) is 23.4. The molecular weight excluding hydrogens is 523 g/mol. The highest BCUT2D eigenvalue weighted by atomic mass is 19.1. The van der Waals surface area contributed by atoms with Gasteiger partial charge in [0.25, 0.3) is 0 Å². The molecule has 3 aliphatic rings. The number of piperazine rings is 1. The van der Waals surface area contributed by atoms with Crippen molar-refractivity contribution in [3.63, 3.8) is 0 Å². The Morgan fingerprint density at radius 2 is 1.88 bits per heavy atom. The van der Waals surface area contributed by atoms with Crippen LogP contribution in [-0.2, 0) is 4.74 Å². The number of anilines is 3. The Kier molecular flexibility index (Phi) is 7.71. The first-order valence-corrected chi connectivity index (χ1v) is 14.1. The number of nitriles is 1. The van der Waals surface area contributed by atoms with Crippen molar-refractivity contribution >= 4 is 17.3 Å². The molecule has 0 bridgehead atoms. The molecule has 1 unspecified atom stereocenters. The van der Waals surface area contributed by atoms with E-state index in [1.807, 2.05) is 26.0 Å². The van der Waals surface area contributed by atoms with Gasteiger partial charge in [-0.05, 0) is 42.5 Å². The SMILES string of the molecule is CC1(C)CNC[C@@H](F)C1Oc1ccc(-c2ncnc(Nc3ccc(N4CCN(C5COC5)CC4)cc3)n2)cc1C#N. The van der Waals surface area contributed by atoms with E-state index in [-0.39, 0.29) is 6.54 Å². The maximum atomic E-state index is 14.7. The van der Waals surface area contributed by atoms with E-state index in [1.165, 1.54) is 12.0 Å². The van der Waals surface area contributed by atoms with E-state index in [0.29, 0.717) is 41.2 Å². The molecule has 0 aliphatic carbocycles. The van der Waals surface area contributed by atoms with E-state index in [9.17, 15) is 9.65 Å². The number of nitrogens with zero attached hydrogens (tertiary/aromatic N) is 6. The molecule has 3 fully saturated rings. The van der Waals surface area contributed by atoms with Crippen molar-refractivity contribution < 1.29 is 13.9 Å².